The van der Waals surface area contributed by atoms with Crippen molar-refractivity contribution < 1.29 is 9.53 Å². The van der Waals surface area contributed by atoms with Crippen molar-refractivity contribution >= 4 is 17.6 Å². The Hall–Kier alpha value is -0.500. The molecule has 0 aromatic heterocycles. The lowest BCUT2D eigenvalue weighted by Gasteiger charge is -2.22. The van der Waals surface area contributed by atoms with E-state index in [-0.39, 0.29) is 11.9 Å². The second-order valence-corrected chi connectivity index (χ2v) is 5.27. The summed E-state index contributed by atoms with van der Waals surface area (Å²) in [6, 6.07) is 0. The molecular formula is C13H19ClO2. The normalized spacial score (nSPS) is 35.6. The van der Waals surface area contributed by atoms with Gasteiger partial charge in [0.2, 0.25) is 0 Å². The van der Waals surface area contributed by atoms with E-state index < -0.39 is 0 Å². The molecular weight excluding hydrogens is 224 g/mol. The zero-order chi connectivity index (χ0) is 11.5. The van der Waals surface area contributed by atoms with E-state index in [1.807, 2.05) is 0 Å². The number of hydrogen-bond donors (Lipinski definition) is 0. The van der Waals surface area contributed by atoms with E-state index in [1.165, 1.54) is 0 Å². The maximum absolute atomic E-state index is 11.9. The van der Waals surface area contributed by atoms with Gasteiger partial charge in [-0.1, -0.05) is 19.1 Å². The Morgan fingerprint density at radius 1 is 1.38 bits per heavy atom. The summed E-state index contributed by atoms with van der Waals surface area (Å²) in [5.41, 5.74) is 0. The average Bonchev–Trinajstić information content (AvgIpc) is 2.84. The van der Waals surface area contributed by atoms with Crippen molar-refractivity contribution in [3.05, 3.63) is 12.2 Å². The van der Waals surface area contributed by atoms with Crippen LogP contribution in [0.2, 0.25) is 0 Å². The Balaban J connectivity index is 1.79. The molecule has 0 unspecified atom stereocenters. The minimum Gasteiger partial charge on any atom is -0.465 e. The standard InChI is InChI=1S/C13H19ClO2/c1-9-10-4-5-11(8-10)12(9)13(15)16-7-3-2-6-14/h4-5,9-12H,2-3,6-8H2,1H3/t9-,10-,11-,12+/m0/s1. The molecule has 0 heterocycles. The number of halogens is 1. The third-order valence-electron chi connectivity index (χ3n) is 3.90. The summed E-state index contributed by atoms with van der Waals surface area (Å²) < 4.78 is 5.32. The van der Waals surface area contributed by atoms with Gasteiger partial charge < -0.3 is 4.74 Å². The molecule has 2 bridgehead atoms. The van der Waals surface area contributed by atoms with Crippen molar-refractivity contribution in [1.29, 1.82) is 0 Å². The van der Waals surface area contributed by atoms with Crippen LogP contribution < -0.4 is 0 Å². The van der Waals surface area contributed by atoms with Crippen LogP contribution in [-0.2, 0) is 9.53 Å². The van der Waals surface area contributed by atoms with Crippen molar-refractivity contribution in [2.24, 2.45) is 23.7 Å². The van der Waals surface area contributed by atoms with Gasteiger partial charge in [-0.15, -0.1) is 11.6 Å². The van der Waals surface area contributed by atoms with Crippen molar-refractivity contribution in [3.63, 3.8) is 0 Å². The lowest BCUT2D eigenvalue weighted by atomic mass is 9.84. The zero-order valence-electron chi connectivity index (χ0n) is 9.69. The molecule has 3 heteroatoms. The quantitative estimate of drug-likeness (QED) is 0.321. The highest BCUT2D eigenvalue weighted by molar-refractivity contribution is 6.17. The van der Waals surface area contributed by atoms with Gasteiger partial charge in [-0.25, -0.2) is 0 Å². The minimum absolute atomic E-state index is 0.000998. The lowest BCUT2D eigenvalue weighted by Crippen LogP contribution is -2.27. The largest absolute Gasteiger partial charge is 0.465 e. The molecule has 1 fully saturated rings. The van der Waals surface area contributed by atoms with Crippen LogP contribution >= 0.6 is 11.6 Å². The number of esters is 1. The molecule has 0 amide bonds. The van der Waals surface area contributed by atoms with Crippen LogP contribution in [0.3, 0.4) is 0 Å². The van der Waals surface area contributed by atoms with E-state index in [2.05, 4.69) is 19.1 Å². The van der Waals surface area contributed by atoms with Gasteiger partial charge in [0.05, 0.1) is 12.5 Å². The number of alkyl halides is 1. The van der Waals surface area contributed by atoms with Gasteiger partial charge in [-0.2, -0.15) is 0 Å². The third kappa shape index (κ3) is 2.27. The molecule has 16 heavy (non-hydrogen) atoms. The molecule has 2 rings (SSSR count). The van der Waals surface area contributed by atoms with Crippen molar-refractivity contribution in [1.82, 2.24) is 0 Å². The highest BCUT2D eigenvalue weighted by Gasteiger charge is 2.46. The summed E-state index contributed by atoms with van der Waals surface area (Å²) in [5, 5.41) is 0. The first-order valence-corrected chi connectivity index (χ1v) is 6.68. The Morgan fingerprint density at radius 2 is 2.12 bits per heavy atom. The second kappa shape index (κ2) is 5.22. The highest BCUT2D eigenvalue weighted by Crippen LogP contribution is 2.48. The van der Waals surface area contributed by atoms with Crippen molar-refractivity contribution in [2.75, 3.05) is 12.5 Å². The number of fused-ring (bicyclic) bond motifs is 2. The summed E-state index contributed by atoms with van der Waals surface area (Å²) in [7, 11) is 0. The summed E-state index contributed by atoms with van der Waals surface area (Å²) in [6.07, 6.45) is 7.38. The molecule has 0 aromatic rings. The first kappa shape index (κ1) is 12.0. The first-order chi connectivity index (χ1) is 7.74. The molecule has 0 aliphatic heterocycles. The number of ether oxygens (including phenoxy) is 1. The second-order valence-electron chi connectivity index (χ2n) is 4.90. The number of carbonyl (C=O) groups excluding carboxylic acids is 1. The topological polar surface area (TPSA) is 26.3 Å². The molecule has 4 atom stereocenters. The maximum atomic E-state index is 11.9. The van der Waals surface area contributed by atoms with E-state index in [4.69, 9.17) is 16.3 Å². The van der Waals surface area contributed by atoms with Crippen molar-refractivity contribution in [2.45, 2.75) is 26.2 Å². The van der Waals surface area contributed by atoms with Gasteiger partial charge in [0, 0.05) is 5.88 Å². The Bertz CT molecular complexity index is 288. The lowest BCUT2D eigenvalue weighted by molar-refractivity contribution is -0.151. The fraction of sp³-hybridized carbons (Fsp3) is 0.769. The smallest absolute Gasteiger partial charge is 0.309 e. The molecule has 0 aromatic carbocycles. The molecule has 2 nitrogen and oxygen atoms in total. The molecule has 0 N–H and O–H groups in total. The van der Waals surface area contributed by atoms with Crippen molar-refractivity contribution in [3.8, 4) is 0 Å². The number of hydrogen-bond acceptors (Lipinski definition) is 2. The summed E-state index contributed by atoms with van der Waals surface area (Å²) in [4.78, 5) is 11.9. The fourth-order valence-electron chi connectivity index (χ4n) is 2.92. The Kier molecular flexibility index (Phi) is 3.91. The Labute approximate surface area is 102 Å². The van der Waals surface area contributed by atoms with Crippen LogP contribution in [0.4, 0.5) is 0 Å². The van der Waals surface area contributed by atoms with Gasteiger partial charge >= 0.3 is 5.97 Å². The Morgan fingerprint density at radius 3 is 2.75 bits per heavy atom. The van der Waals surface area contributed by atoms with E-state index >= 15 is 0 Å². The maximum Gasteiger partial charge on any atom is 0.309 e. The van der Waals surface area contributed by atoms with Crippen LogP contribution in [0.5, 0.6) is 0 Å². The van der Waals surface area contributed by atoms with E-state index in [9.17, 15) is 4.79 Å². The van der Waals surface area contributed by atoms with Crippen LogP contribution in [0.1, 0.15) is 26.2 Å². The highest BCUT2D eigenvalue weighted by atomic mass is 35.5. The molecule has 0 spiro atoms. The zero-order valence-corrected chi connectivity index (χ0v) is 10.5. The van der Waals surface area contributed by atoms with Gasteiger partial charge in [-0.3, -0.25) is 4.79 Å². The summed E-state index contributed by atoms with van der Waals surface area (Å²) in [6.45, 7) is 2.69. The van der Waals surface area contributed by atoms with Crippen LogP contribution in [0, 0.1) is 23.7 Å². The average molecular weight is 243 g/mol. The van der Waals surface area contributed by atoms with Crippen LogP contribution in [0.25, 0.3) is 0 Å². The molecule has 0 saturated heterocycles. The van der Waals surface area contributed by atoms with E-state index in [1.54, 1.807) is 0 Å². The molecule has 0 radical (unpaired) electrons. The van der Waals surface area contributed by atoms with Gasteiger partial charge in [0.25, 0.3) is 0 Å². The minimum atomic E-state index is -0.000998. The number of carbonyl (C=O) groups is 1. The predicted octanol–water partition coefficient (Wildman–Crippen LogP) is 3.01. The van der Waals surface area contributed by atoms with Gasteiger partial charge in [0.1, 0.15) is 0 Å². The monoisotopic (exact) mass is 242 g/mol. The van der Waals surface area contributed by atoms with Crippen LogP contribution in [-0.4, -0.2) is 18.5 Å². The van der Waals surface area contributed by atoms with Gasteiger partial charge in [-0.05, 0) is 37.0 Å². The number of allylic oxidation sites excluding steroid dienone is 2. The number of rotatable bonds is 5. The third-order valence-corrected chi connectivity index (χ3v) is 4.16. The van der Waals surface area contributed by atoms with E-state index in [0.717, 1.165) is 19.3 Å². The molecule has 2 aliphatic carbocycles. The van der Waals surface area contributed by atoms with Gasteiger partial charge in [0.15, 0.2) is 0 Å². The number of unbranched alkanes of at least 4 members (excludes halogenated alkanes) is 1. The first-order valence-electron chi connectivity index (χ1n) is 6.15. The molecule has 90 valence electrons. The van der Waals surface area contributed by atoms with Crippen LogP contribution in [0.15, 0.2) is 12.2 Å². The fourth-order valence-corrected chi connectivity index (χ4v) is 3.11. The molecule has 2 aliphatic rings. The summed E-state index contributed by atoms with van der Waals surface area (Å²) in [5.74, 6) is 2.23. The SMILES string of the molecule is C[C@@H]1[C@@H](C(=O)OCCCCCl)[C@H]2C=C[C@H]1C2. The predicted molar refractivity (Wildman–Crippen MR) is 64.3 cm³/mol. The molecule has 1 saturated carbocycles. The summed E-state index contributed by atoms with van der Waals surface area (Å²) >= 11 is 5.57. The van der Waals surface area contributed by atoms with E-state index in [0.29, 0.717) is 30.2 Å².